The van der Waals surface area contributed by atoms with E-state index in [9.17, 15) is 13.2 Å². The number of rotatable bonds is 3. The summed E-state index contributed by atoms with van der Waals surface area (Å²) in [5.41, 5.74) is 1.77. The van der Waals surface area contributed by atoms with Gasteiger partial charge in [-0.15, -0.1) is 0 Å². The zero-order valence-electron chi connectivity index (χ0n) is 14.4. The van der Waals surface area contributed by atoms with Crippen LogP contribution in [-0.2, 0) is 21.2 Å². The second kappa shape index (κ2) is 6.84. The highest BCUT2D eigenvalue weighted by molar-refractivity contribution is 7.89. The number of nitrogens with zero attached hydrogens (tertiary/aromatic N) is 1. The molecule has 1 aromatic rings. The summed E-state index contributed by atoms with van der Waals surface area (Å²) in [7, 11) is -3.51. The zero-order chi connectivity index (χ0) is 17.3. The normalized spacial score (nSPS) is 22.2. The van der Waals surface area contributed by atoms with E-state index in [1.807, 2.05) is 6.92 Å². The highest BCUT2D eigenvalue weighted by Gasteiger charge is 2.30. The van der Waals surface area contributed by atoms with Gasteiger partial charge in [0.1, 0.15) is 0 Å². The highest BCUT2D eigenvalue weighted by atomic mass is 32.2. The molecule has 0 radical (unpaired) electrons. The van der Waals surface area contributed by atoms with Gasteiger partial charge in [-0.2, -0.15) is 0 Å². The number of hydrogen-bond acceptors (Lipinski definition) is 3. The molecule has 1 N–H and O–H groups in total. The van der Waals surface area contributed by atoms with Crippen molar-refractivity contribution >= 4 is 21.6 Å². The first-order valence-corrected chi connectivity index (χ1v) is 10.3. The van der Waals surface area contributed by atoms with Crippen molar-refractivity contribution in [3.05, 3.63) is 23.8 Å². The largest absolute Gasteiger partial charge is 0.309 e. The van der Waals surface area contributed by atoms with Crippen molar-refractivity contribution in [3.8, 4) is 0 Å². The Morgan fingerprint density at radius 3 is 2.46 bits per heavy atom. The quantitative estimate of drug-likeness (QED) is 0.852. The van der Waals surface area contributed by atoms with E-state index in [0.717, 1.165) is 36.9 Å². The van der Waals surface area contributed by atoms with Crippen LogP contribution in [-0.4, -0.2) is 26.4 Å². The van der Waals surface area contributed by atoms with Crippen LogP contribution in [0.25, 0.3) is 0 Å². The average molecular weight is 350 g/mol. The Morgan fingerprint density at radius 2 is 1.83 bits per heavy atom. The summed E-state index contributed by atoms with van der Waals surface area (Å²) in [6.45, 7) is 3.53. The summed E-state index contributed by atoms with van der Waals surface area (Å²) in [5, 5.41) is 0. The van der Waals surface area contributed by atoms with Crippen molar-refractivity contribution in [1.29, 1.82) is 0 Å². The predicted octanol–water partition coefficient (Wildman–Crippen LogP) is 2.99. The van der Waals surface area contributed by atoms with Gasteiger partial charge in [-0.3, -0.25) is 4.79 Å². The Hall–Kier alpha value is -1.40. The molecule has 1 unspecified atom stereocenters. The molecule has 1 atom stereocenters. The molecule has 132 valence electrons. The minimum absolute atomic E-state index is 0.00608. The van der Waals surface area contributed by atoms with E-state index in [2.05, 4.69) is 4.72 Å². The Kier molecular flexibility index (Phi) is 4.97. The smallest absolute Gasteiger partial charge is 0.240 e. The fourth-order valence-corrected chi connectivity index (χ4v) is 5.29. The van der Waals surface area contributed by atoms with Gasteiger partial charge in [0.25, 0.3) is 0 Å². The molecule has 0 bridgehead atoms. The predicted molar refractivity (Wildman–Crippen MR) is 94.6 cm³/mol. The van der Waals surface area contributed by atoms with Gasteiger partial charge in [0.05, 0.1) is 4.90 Å². The molecule has 0 spiro atoms. The number of fused-ring (bicyclic) bond motifs is 1. The summed E-state index contributed by atoms with van der Waals surface area (Å²) in [4.78, 5) is 13.8. The van der Waals surface area contributed by atoms with Crippen LogP contribution < -0.4 is 9.62 Å². The van der Waals surface area contributed by atoms with Gasteiger partial charge in [0.15, 0.2) is 0 Å². The van der Waals surface area contributed by atoms with E-state index in [-0.39, 0.29) is 18.0 Å². The van der Waals surface area contributed by atoms with Crippen LogP contribution in [0.2, 0.25) is 0 Å². The molecule has 1 fully saturated rings. The van der Waals surface area contributed by atoms with E-state index < -0.39 is 10.0 Å². The maximum Gasteiger partial charge on any atom is 0.240 e. The van der Waals surface area contributed by atoms with Crippen LogP contribution in [0.5, 0.6) is 0 Å². The van der Waals surface area contributed by atoms with E-state index in [0.29, 0.717) is 11.3 Å². The van der Waals surface area contributed by atoms with Crippen molar-refractivity contribution in [3.63, 3.8) is 0 Å². The highest BCUT2D eigenvalue weighted by Crippen LogP contribution is 2.34. The summed E-state index contributed by atoms with van der Waals surface area (Å²) in [5.74, 6) is -0.00608. The third-order valence-electron chi connectivity index (χ3n) is 5.09. The molecule has 1 saturated carbocycles. The maximum absolute atomic E-state index is 12.7. The zero-order valence-corrected chi connectivity index (χ0v) is 15.2. The van der Waals surface area contributed by atoms with Crippen molar-refractivity contribution < 1.29 is 13.2 Å². The van der Waals surface area contributed by atoms with Gasteiger partial charge in [-0.25, -0.2) is 13.1 Å². The number of carbonyl (C=O) groups is 1. The summed E-state index contributed by atoms with van der Waals surface area (Å²) >= 11 is 0. The van der Waals surface area contributed by atoms with Crippen molar-refractivity contribution in [1.82, 2.24) is 4.72 Å². The fourth-order valence-electron chi connectivity index (χ4n) is 3.94. The number of carbonyl (C=O) groups excluding carboxylic acids is 1. The number of benzene rings is 1. The first-order valence-electron chi connectivity index (χ1n) is 8.83. The number of amides is 1. The van der Waals surface area contributed by atoms with Crippen molar-refractivity contribution in [2.75, 3.05) is 4.90 Å². The molecule has 0 saturated heterocycles. The first kappa shape index (κ1) is 17.4. The van der Waals surface area contributed by atoms with E-state index in [1.165, 1.54) is 12.8 Å². The molecule has 6 heteroatoms. The van der Waals surface area contributed by atoms with E-state index in [4.69, 9.17) is 0 Å². The van der Waals surface area contributed by atoms with E-state index >= 15 is 0 Å². The Morgan fingerprint density at radius 1 is 1.17 bits per heavy atom. The molecular weight excluding hydrogens is 324 g/mol. The monoisotopic (exact) mass is 350 g/mol. The van der Waals surface area contributed by atoms with Gasteiger partial charge < -0.3 is 4.90 Å². The molecule has 1 aliphatic carbocycles. The SMILES string of the molecule is CC(=O)N1c2ccc(S(=O)(=O)NC3CCCCCC3)cc2CC1C. The average Bonchev–Trinajstić information content (AvgIpc) is 2.66. The summed E-state index contributed by atoms with van der Waals surface area (Å²) in [6, 6.07) is 5.23. The topological polar surface area (TPSA) is 66.5 Å². The second-order valence-electron chi connectivity index (χ2n) is 7.04. The third kappa shape index (κ3) is 3.49. The van der Waals surface area contributed by atoms with Gasteiger partial charge in [-0.1, -0.05) is 25.7 Å². The van der Waals surface area contributed by atoms with Crippen LogP contribution in [0.3, 0.4) is 0 Å². The van der Waals surface area contributed by atoms with Gasteiger partial charge in [0, 0.05) is 24.7 Å². The minimum atomic E-state index is -3.51. The van der Waals surface area contributed by atoms with Crippen LogP contribution in [0.15, 0.2) is 23.1 Å². The third-order valence-corrected chi connectivity index (χ3v) is 6.61. The summed E-state index contributed by atoms with van der Waals surface area (Å²) in [6.07, 6.45) is 7.08. The molecule has 1 aliphatic heterocycles. The van der Waals surface area contributed by atoms with Crippen molar-refractivity contribution in [2.24, 2.45) is 0 Å². The van der Waals surface area contributed by atoms with Gasteiger partial charge >= 0.3 is 0 Å². The lowest BCUT2D eigenvalue weighted by Gasteiger charge is -2.21. The minimum Gasteiger partial charge on any atom is -0.309 e. The van der Waals surface area contributed by atoms with Crippen molar-refractivity contribution in [2.45, 2.75) is 75.8 Å². The van der Waals surface area contributed by atoms with Crippen LogP contribution >= 0.6 is 0 Å². The number of sulfonamides is 1. The lowest BCUT2D eigenvalue weighted by atomic mass is 10.1. The van der Waals surface area contributed by atoms with Crippen LogP contribution in [0, 0.1) is 0 Å². The maximum atomic E-state index is 12.7. The number of nitrogens with one attached hydrogen (secondary N) is 1. The molecular formula is C18H26N2O3S. The standard InChI is InChI=1S/C18H26N2O3S/c1-13-11-15-12-17(9-10-18(15)20(13)14(2)21)24(22,23)19-16-7-5-3-4-6-8-16/h9-10,12-13,16,19H,3-8,11H2,1-2H3. The first-order chi connectivity index (χ1) is 11.4. The molecule has 1 aromatic carbocycles. The Labute approximate surface area is 144 Å². The molecule has 5 nitrogen and oxygen atoms in total. The Balaban J connectivity index is 1.82. The Bertz CT molecular complexity index is 722. The van der Waals surface area contributed by atoms with Gasteiger partial charge in [0.2, 0.25) is 15.9 Å². The molecule has 3 rings (SSSR count). The fraction of sp³-hybridized carbons (Fsp3) is 0.611. The lowest BCUT2D eigenvalue weighted by molar-refractivity contribution is -0.116. The molecule has 1 heterocycles. The second-order valence-corrected chi connectivity index (χ2v) is 8.76. The number of hydrogen-bond donors (Lipinski definition) is 1. The molecule has 24 heavy (non-hydrogen) atoms. The lowest BCUT2D eigenvalue weighted by Crippen LogP contribution is -2.34. The van der Waals surface area contributed by atoms with Crippen LogP contribution in [0.1, 0.15) is 57.9 Å². The number of anilines is 1. The molecule has 0 aromatic heterocycles. The van der Waals surface area contributed by atoms with E-state index in [1.54, 1.807) is 30.0 Å². The van der Waals surface area contributed by atoms with Gasteiger partial charge in [-0.05, 0) is 49.9 Å². The molecule has 2 aliphatic rings. The molecule has 1 amide bonds. The van der Waals surface area contributed by atoms with Crippen LogP contribution in [0.4, 0.5) is 5.69 Å². The summed E-state index contributed by atoms with van der Waals surface area (Å²) < 4.78 is 28.3.